The number of carbonyl (C=O) groups excluding carboxylic acids is 1. The van der Waals surface area contributed by atoms with Gasteiger partial charge in [-0.2, -0.15) is 4.98 Å². The third kappa shape index (κ3) is 3.43. The van der Waals surface area contributed by atoms with Crippen molar-refractivity contribution in [2.24, 2.45) is 0 Å². The average Bonchev–Trinajstić information content (AvgIpc) is 3.28. The highest BCUT2D eigenvalue weighted by Gasteiger charge is 2.11. The number of halogens is 1. The van der Waals surface area contributed by atoms with E-state index in [2.05, 4.69) is 20.6 Å². The molecule has 0 bridgehead atoms. The SMILES string of the molecule is O=C(CCc1nc(-c2ccc(Cl)cc2)no1)Nn1cnc2ccccc21. The second-order valence-electron chi connectivity index (χ2n) is 5.66. The monoisotopic (exact) mass is 367 g/mol. The molecule has 0 fully saturated rings. The van der Waals surface area contributed by atoms with Gasteiger partial charge in [0.25, 0.3) is 0 Å². The number of carbonyl (C=O) groups is 1. The van der Waals surface area contributed by atoms with Gasteiger partial charge in [0.2, 0.25) is 17.6 Å². The minimum absolute atomic E-state index is 0.167. The second kappa shape index (κ2) is 6.97. The van der Waals surface area contributed by atoms with Gasteiger partial charge >= 0.3 is 0 Å². The van der Waals surface area contributed by atoms with Crippen molar-refractivity contribution in [2.75, 3.05) is 5.43 Å². The number of benzene rings is 2. The first-order valence-corrected chi connectivity index (χ1v) is 8.37. The van der Waals surface area contributed by atoms with Gasteiger partial charge in [-0.1, -0.05) is 28.9 Å². The van der Waals surface area contributed by atoms with E-state index in [4.69, 9.17) is 16.1 Å². The van der Waals surface area contributed by atoms with Gasteiger partial charge in [0.1, 0.15) is 6.33 Å². The van der Waals surface area contributed by atoms with Crippen LogP contribution in [0.2, 0.25) is 5.02 Å². The number of para-hydroxylation sites is 2. The Bertz CT molecular complexity index is 1050. The van der Waals surface area contributed by atoms with Crippen LogP contribution in [0.25, 0.3) is 22.4 Å². The highest BCUT2D eigenvalue weighted by molar-refractivity contribution is 6.30. The molecule has 0 radical (unpaired) electrons. The van der Waals surface area contributed by atoms with Crippen molar-refractivity contribution in [3.8, 4) is 11.4 Å². The molecule has 2 heterocycles. The molecule has 1 N–H and O–H groups in total. The van der Waals surface area contributed by atoms with E-state index in [0.717, 1.165) is 16.6 Å². The molecular formula is C18H14ClN5O2. The quantitative estimate of drug-likeness (QED) is 0.584. The summed E-state index contributed by atoms with van der Waals surface area (Å²) in [4.78, 5) is 20.7. The molecule has 26 heavy (non-hydrogen) atoms. The fourth-order valence-corrected chi connectivity index (χ4v) is 2.66. The van der Waals surface area contributed by atoms with Crippen molar-refractivity contribution in [1.29, 1.82) is 0 Å². The lowest BCUT2D eigenvalue weighted by Gasteiger charge is -2.05. The van der Waals surface area contributed by atoms with Gasteiger partial charge in [0, 0.05) is 23.4 Å². The molecule has 0 spiro atoms. The number of imidazole rings is 1. The molecule has 8 heteroatoms. The molecule has 0 aliphatic rings. The molecule has 0 saturated carbocycles. The molecule has 4 aromatic rings. The number of rotatable bonds is 5. The lowest BCUT2D eigenvalue weighted by atomic mass is 10.2. The van der Waals surface area contributed by atoms with Crippen LogP contribution in [-0.2, 0) is 11.2 Å². The molecule has 7 nitrogen and oxygen atoms in total. The summed E-state index contributed by atoms with van der Waals surface area (Å²) in [5.74, 6) is 0.706. The van der Waals surface area contributed by atoms with Gasteiger partial charge in [-0.15, -0.1) is 0 Å². The number of amides is 1. The van der Waals surface area contributed by atoms with Crippen LogP contribution >= 0.6 is 11.6 Å². The van der Waals surface area contributed by atoms with Crippen LogP contribution in [-0.4, -0.2) is 25.7 Å². The lowest BCUT2D eigenvalue weighted by molar-refractivity contribution is -0.117. The highest BCUT2D eigenvalue weighted by atomic mass is 35.5. The van der Waals surface area contributed by atoms with E-state index in [1.807, 2.05) is 36.4 Å². The lowest BCUT2D eigenvalue weighted by Crippen LogP contribution is -2.22. The summed E-state index contributed by atoms with van der Waals surface area (Å²) < 4.78 is 6.81. The first-order chi connectivity index (χ1) is 12.7. The van der Waals surface area contributed by atoms with Crippen LogP contribution in [0.5, 0.6) is 0 Å². The number of nitrogens with zero attached hydrogens (tertiary/aromatic N) is 4. The Morgan fingerprint density at radius 2 is 1.96 bits per heavy atom. The fraction of sp³-hybridized carbons (Fsp3) is 0.111. The molecule has 0 aliphatic carbocycles. The maximum absolute atomic E-state index is 12.2. The summed E-state index contributed by atoms with van der Waals surface area (Å²) in [5, 5.41) is 4.57. The van der Waals surface area contributed by atoms with Crippen molar-refractivity contribution >= 4 is 28.5 Å². The zero-order chi connectivity index (χ0) is 17.9. The van der Waals surface area contributed by atoms with Crippen molar-refractivity contribution in [3.05, 3.63) is 65.8 Å². The molecule has 0 aliphatic heterocycles. The Hall–Kier alpha value is -3.19. The summed E-state index contributed by atoms with van der Waals surface area (Å²) in [5.41, 5.74) is 5.25. The molecular weight excluding hydrogens is 354 g/mol. The Labute approximate surface area is 153 Å². The van der Waals surface area contributed by atoms with Crippen LogP contribution in [0.15, 0.2) is 59.4 Å². The molecule has 4 rings (SSSR count). The second-order valence-corrected chi connectivity index (χ2v) is 6.09. The Morgan fingerprint density at radius 1 is 1.15 bits per heavy atom. The molecule has 1 amide bonds. The van der Waals surface area contributed by atoms with Gasteiger partial charge in [0.05, 0.1) is 11.0 Å². The van der Waals surface area contributed by atoms with Crippen molar-refractivity contribution in [2.45, 2.75) is 12.8 Å². The molecule has 0 saturated heterocycles. The standard InChI is InChI=1S/C18H14ClN5O2/c19-13-7-5-12(6-8-13)18-21-17(26-23-18)10-9-16(25)22-24-11-20-14-3-1-2-4-15(14)24/h1-8,11H,9-10H2,(H,22,25). The topological polar surface area (TPSA) is 85.8 Å². The van der Waals surface area contributed by atoms with E-state index in [-0.39, 0.29) is 12.3 Å². The van der Waals surface area contributed by atoms with E-state index in [1.165, 1.54) is 0 Å². The summed E-state index contributed by atoms with van der Waals surface area (Å²) >= 11 is 5.87. The number of nitrogens with one attached hydrogen (secondary N) is 1. The summed E-state index contributed by atoms with van der Waals surface area (Å²) in [6.45, 7) is 0. The van der Waals surface area contributed by atoms with Gasteiger partial charge in [-0.25, -0.2) is 9.66 Å². The number of hydrogen-bond acceptors (Lipinski definition) is 5. The molecule has 130 valence electrons. The average molecular weight is 368 g/mol. The van der Waals surface area contributed by atoms with E-state index < -0.39 is 0 Å². The van der Waals surface area contributed by atoms with Crippen molar-refractivity contribution in [3.63, 3.8) is 0 Å². The first kappa shape index (κ1) is 16.3. The third-order valence-corrected chi connectivity index (χ3v) is 4.09. The summed E-state index contributed by atoms with van der Waals surface area (Å²) in [6, 6.07) is 14.7. The summed E-state index contributed by atoms with van der Waals surface area (Å²) in [7, 11) is 0. The van der Waals surface area contributed by atoms with Gasteiger partial charge in [-0.3, -0.25) is 10.2 Å². The highest BCUT2D eigenvalue weighted by Crippen LogP contribution is 2.19. The van der Waals surface area contributed by atoms with Crippen molar-refractivity contribution < 1.29 is 9.32 Å². The zero-order valence-electron chi connectivity index (χ0n) is 13.6. The summed E-state index contributed by atoms with van der Waals surface area (Å²) in [6.07, 6.45) is 2.14. The van der Waals surface area contributed by atoms with Crippen LogP contribution in [0.4, 0.5) is 0 Å². The molecule has 0 unspecified atom stereocenters. The van der Waals surface area contributed by atoms with E-state index in [0.29, 0.717) is 23.2 Å². The number of hydrogen-bond donors (Lipinski definition) is 1. The minimum atomic E-state index is -0.167. The van der Waals surface area contributed by atoms with Crippen LogP contribution in [0.3, 0.4) is 0 Å². The fourth-order valence-electron chi connectivity index (χ4n) is 2.53. The van der Waals surface area contributed by atoms with Gasteiger partial charge in [-0.05, 0) is 36.4 Å². The third-order valence-electron chi connectivity index (χ3n) is 3.84. The predicted octanol–water partition coefficient (Wildman–Crippen LogP) is 3.44. The van der Waals surface area contributed by atoms with Crippen LogP contribution in [0, 0.1) is 0 Å². The van der Waals surface area contributed by atoms with Gasteiger partial charge < -0.3 is 4.52 Å². The molecule has 2 aromatic carbocycles. The predicted molar refractivity (Wildman–Crippen MR) is 97.2 cm³/mol. The van der Waals surface area contributed by atoms with Gasteiger partial charge in [0.15, 0.2) is 0 Å². The largest absolute Gasteiger partial charge is 0.339 e. The Morgan fingerprint density at radius 3 is 2.81 bits per heavy atom. The van der Waals surface area contributed by atoms with Crippen molar-refractivity contribution in [1.82, 2.24) is 19.8 Å². The van der Waals surface area contributed by atoms with E-state index in [1.54, 1.807) is 23.1 Å². The van der Waals surface area contributed by atoms with Crippen LogP contribution in [0.1, 0.15) is 12.3 Å². The number of aromatic nitrogens is 4. The molecule has 2 aromatic heterocycles. The Balaban J connectivity index is 1.38. The maximum Gasteiger partial charge on any atom is 0.239 e. The first-order valence-electron chi connectivity index (χ1n) is 7.99. The number of fused-ring (bicyclic) bond motifs is 1. The van der Waals surface area contributed by atoms with E-state index in [9.17, 15) is 4.79 Å². The zero-order valence-corrected chi connectivity index (χ0v) is 14.3. The minimum Gasteiger partial charge on any atom is -0.339 e. The smallest absolute Gasteiger partial charge is 0.239 e. The van der Waals surface area contributed by atoms with E-state index >= 15 is 0 Å². The van der Waals surface area contributed by atoms with Crippen LogP contribution < -0.4 is 5.43 Å². The number of aryl methyl sites for hydroxylation is 1. The maximum atomic E-state index is 12.2. The normalized spacial score (nSPS) is 11.0. The molecule has 0 atom stereocenters. The Kier molecular flexibility index (Phi) is 4.37.